The number of fused-ring (bicyclic) bond motifs is 1. The Hall–Kier alpha value is -3.44. The number of hydrogen-bond acceptors (Lipinski definition) is 6. The molecule has 1 aliphatic carbocycles. The fourth-order valence-corrected chi connectivity index (χ4v) is 6.18. The van der Waals surface area contributed by atoms with Gasteiger partial charge in [0.15, 0.2) is 0 Å². The predicted molar refractivity (Wildman–Crippen MR) is 174 cm³/mol. The smallest absolute Gasteiger partial charge is 0.412 e. The Labute approximate surface area is 267 Å². The molecule has 11 heteroatoms. The molecule has 4 unspecified atom stereocenters. The summed E-state index contributed by atoms with van der Waals surface area (Å²) in [6.45, 7) is 13.7. The Morgan fingerprint density at radius 1 is 1.07 bits per heavy atom. The second kappa shape index (κ2) is 15.7. The third-order valence-electron chi connectivity index (χ3n) is 8.10. The number of hydrogen-bond donors (Lipinski definition) is 2. The summed E-state index contributed by atoms with van der Waals surface area (Å²) >= 11 is 1.35. The topological polar surface area (TPSA) is 89.6 Å². The van der Waals surface area contributed by atoms with E-state index in [0.29, 0.717) is 27.4 Å². The first-order chi connectivity index (χ1) is 21.2. The van der Waals surface area contributed by atoms with E-state index in [4.69, 9.17) is 9.47 Å². The zero-order chi connectivity index (χ0) is 33.5. The Morgan fingerprint density at radius 3 is 2.36 bits per heavy atom. The summed E-state index contributed by atoms with van der Waals surface area (Å²) in [6.07, 6.45) is -1.10. The van der Waals surface area contributed by atoms with Gasteiger partial charge in [0.1, 0.15) is 11.3 Å². The highest BCUT2D eigenvalue weighted by molar-refractivity contribution is 7.19. The Morgan fingerprint density at radius 2 is 1.76 bits per heavy atom. The van der Waals surface area contributed by atoms with Crippen molar-refractivity contribution in [3.8, 4) is 5.75 Å². The maximum atomic E-state index is 13.2. The first-order valence-corrected chi connectivity index (χ1v) is 15.9. The maximum absolute atomic E-state index is 13.2. The van der Waals surface area contributed by atoms with Gasteiger partial charge in [-0.1, -0.05) is 51.8 Å². The van der Waals surface area contributed by atoms with E-state index in [0.717, 1.165) is 35.1 Å². The molecule has 0 radical (unpaired) electrons. The molecule has 1 aliphatic rings. The Kier molecular flexibility index (Phi) is 12.6. The van der Waals surface area contributed by atoms with Gasteiger partial charge in [-0.2, -0.15) is 13.2 Å². The number of nitrogens with one attached hydrogen (secondary N) is 2. The number of thiazole rings is 1. The zero-order valence-corrected chi connectivity index (χ0v) is 28.0. The van der Waals surface area contributed by atoms with Crippen LogP contribution in [0.1, 0.15) is 78.2 Å². The van der Waals surface area contributed by atoms with Crippen LogP contribution in [0.3, 0.4) is 0 Å². The number of benzene rings is 2. The number of halogens is 3. The average molecular weight is 648 g/mol. The van der Waals surface area contributed by atoms with Crippen LogP contribution in [0.25, 0.3) is 10.2 Å². The normalized spacial score (nSPS) is 16.4. The largest absolute Gasteiger partial charge is 0.496 e. The minimum absolute atomic E-state index is 0.156. The Bertz CT molecular complexity index is 1520. The maximum Gasteiger partial charge on any atom is 0.412 e. The van der Waals surface area contributed by atoms with Crippen molar-refractivity contribution in [2.24, 2.45) is 17.8 Å². The number of aromatic nitrogens is 1. The van der Waals surface area contributed by atoms with Crippen LogP contribution in [0.15, 0.2) is 42.0 Å². The molecule has 0 fully saturated rings. The van der Waals surface area contributed by atoms with E-state index in [9.17, 15) is 22.8 Å². The fourth-order valence-electron chi connectivity index (χ4n) is 5.23. The van der Waals surface area contributed by atoms with E-state index in [1.165, 1.54) is 31.3 Å². The van der Waals surface area contributed by atoms with Gasteiger partial charge >= 0.3 is 6.18 Å². The highest BCUT2D eigenvalue weighted by atomic mass is 32.1. The lowest BCUT2D eigenvalue weighted by atomic mass is 9.86. The highest BCUT2D eigenvalue weighted by Gasteiger charge is 2.40. The summed E-state index contributed by atoms with van der Waals surface area (Å²) in [6, 6.07) is 7.59. The number of carbonyl (C=O) groups excluding carboxylic acids is 2. The van der Waals surface area contributed by atoms with Crippen LogP contribution in [-0.4, -0.2) is 49.8 Å². The minimum atomic E-state index is -4.39. The summed E-state index contributed by atoms with van der Waals surface area (Å²) in [5, 5.41) is 6.12. The molecule has 0 bridgehead atoms. The van der Waals surface area contributed by atoms with Crippen molar-refractivity contribution in [3.63, 3.8) is 0 Å². The number of rotatable bonds is 11. The lowest BCUT2D eigenvalue weighted by Gasteiger charge is -2.28. The molecule has 246 valence electrons. The molecule has 4 rings (SSSR count). The van der Waals surface area contributed by atoms with Gasteiger partial charge in [0.05, 0.1) is 39.6 Å². The van der Waals surface area contributed by atoms with E-state index in [1.54, 1.807) is 44.4 Å². The van der Waals surface area contributed by atoms with E-state index in [1.807, 2.05) is 6.92 Å². The van der Waals surface area contributed by atoms with Crippen molar-refractivity contribution in [1.82, 2.24) is 10.3 Å². The van der Waals surface area contributed by atoms with Crippen LogP contribution < -0.4 is 15.4 Å². The van der Waals surface area contributed by atoms with Gasteiger partial charge in [0.25, 0.3) is 11.8 Å². The van der Waals surface area contributed by atoms with Gasteiger partial charge < -0.3 is 20.1 Å². The number of alkyl halides is 3. The molecule has 0 spiro atoms. The van der Waals surface area contributed by atoms with Crippen LogP contribution >= 0.6 is 11.3 Å². The molecule has 3 aromatic rings. The van der Waals surface area contributed by atoms with Gasteiger partial charge in [0, 0.05) is 25.7 Å². The molecule has 1 heterocycles. The van der Waals surface area contributed by atoms with Crippen LogP contribution in [0.4, 0.5) is 18.9 Å². The molecule has 1 aromatic heterocycles. The third kappa shape index (κ3) is 9.53. The molecule has 2 N–H and O–H groups in total. The van der Waals surface area contributed by atoms with E-state index < -0.39 is 29.6 Å². The number of anilines is 1. The van der Waals surface area contributed by atoms with Crippen LogP contribution in [0.2, 0.25) is 0 Å². The van der Waals surface area contributed by atoms with E-state index >= 15 is 0 Å². The molecule has 2 aromatic carbocycles. The number of amides is 2. The van der Waals surface area contributed by atoms with Gasteiger partial charge in [0.2, 0.25) is 0 Å². The van der Waals surface area contributed by atoms with Crippen molar-refractivity contribution in [2.75, 3.05) is 26.1 Å². The second-order valence-electron chi connectivity index (χ2n) is 11.9. The molecular formula is C34H44F3N3O4S. The quantitative estimate of drug-likeness (QED) is 0.204. The summed E-state index contributed by atoms with van der Waals surface area (Å²) in [5.41, 5.74) is 1.44. The molecule has 45 heavy (non-hydrogen) atoms. The first-order valence-electron chi connectivity index (χ1n) is 15.1. The molecule has 7 nitrogen and oxygen atoms in total. The summed E-state index contributed by atoms with van der Waals surface area (Å²) in [4.78, 5) is 30.5. The highest BCUT2D eigenvalue weighted by Crippen LogP contribution is 2.36. The van der Waals surface area contributed by atoms with Gasteiger partial charge in [-0.3, -0.25) is 9.59 Å². The van der Waals surface area contributed by atoms with Crippen LogP contribution in [-0.2, 0) is 4.74 Å². The fraction of sp³-hybridized carbons (Fsp3) is 0.500. The lowest BCUT2D eigenvalue weighted by Crippen LogP contribution is -2.41. The molecule has 0 saturated carbocycles. The Balaban J connectivity index is 0.000000392. The molecule has 0 aliphatic heterocycles. The minimum Gasteiger partial charge on any atom is -0.496 e. The number of aryl methyl sites for hydroxylation is 2. The van der Waals surface area contributed by atoms with Crippen molar-refractivity contribution in [1.29, 1.82) is 0 Å². The SMILES string of the molecule is CCC(C)C(C)CC(C)COC.COc1ccc2nc(C)sc2c1C(=O)Nc1ccc(C)cc1C(=O)NC1C=C(C(F)(F)F)C1. The third-order valence-corrected chi connectivity index (χ3v) is 9.11. The zero-order valence-electron chi connectivity index (χ0n) is 27.2. The first kappa shape index (κ1) is 36.0. The van der Waals surface area contributed by atoms with Gasteiger partial charge in [-0.15, -0.1) is 11.3 Å². The second-order valence-corrected chi connectivity index (χ2v) is 13.1. The van der Waals surface area contributed by atoms with Crippen LogP contribution in [0.5, 0.6) is 5.75 Å². The molecule has 2 amide bonds. The van der Waals surface area contributed by atoms with Crippen molar-refractivity contribution in [2.45, 2.75) is 73.0 Å². The number of methoxy groups -OCH3 is 2. The van der Waals surface area contributed by atoms with Crippen LogP contribution in [0, 0.1) is 31.6 Å². The van der Waals surface area contributed by atoms with Crippen molar-refractivity contribution in [3.05, 3.63) is 63.7 Å². The lowest BCUT2D eigenvalue weighted by molar-refractivity contribution is -0.0980. The summed E-state index contributed by atoms with van der Waals surface area (Å²) in [5.74, 6) is 1.70. The molecule has 4 atom stereocenters. The summed E-state index contributed by atoms with van der Waals surface area (Å²) in [7, 11) is 3.24. The number of nitrogens with zero attached hydrogens (tertiary/aromatic N) is 1. The van der Waals surface area contributed by atoms with Gasteiger partial charge in [-0.25, -0.2) is 4.98 Å². The van der Waals surface area contributed by atoms with E-state index in [2.05, 4.69) is 43.3 Å². The molecular weight excluding hydrogens is 603 g/mol. The average Bonchev–Trinajstić information content (AvgIpc) is 3.34. The predicted octanol–water partition coefficient (Wildman–Crippen LogP) is 8.51. The van der Waals surface area contributed by atoms with E-state index in [-0.39, 0.29) is 17.7 Å². The monoisotopic (exact) mass is 647 g/mol. The van der Waals surface area contributed by atoms with Crippen molar-refractivity contribution < 1.29 is 32.2 Å². The molecule has 0 saturated heterocycles. The summed E-state index contributed by atoms with van der Waals surface area (Å²) < 4.78 is 49.2. The van der Waals surface area contributed by atoms with Crippen molar-refractivity contribution >= 4 is 39.1 Å². The standard InChI is InChI=1S/C23H20F3N3O3S.C11H24O/c1-11-4-5-16(15(8-11)21(30)28-14-9-13(10-14)23(24,25)26)29-22(31)19-18(32-3)7-6-17-20(19)33-12(2)27-17;1-6-10(3)11(4)7-9(2)8-12-5/h4-9,14H,10H2,1-3H3,(H,28,30)(H,29,31);9-11H,6-8H2,1-5H3. The van der Waals surface area contributed by atoms with Gasteiger partial charge in [-0.05, 0) is 62.3 Å². The number of carbonyl (C=O) groups is 2. The number of ether oxygens (including phenoxy) is 2.